The van der Waals surface area contributed by atoms with E-state index in [4.69, 9.17) is 16.2 Å². The quantitative estimate of drug-likeness (QED) is 0.506. The van der Waals surface area contributed by atoms with E-state index in [1.54, 1.807) is 30.3 Å². The molecule has 4 rings (SSSR count). The van der Waals surface area contributed by atoms with Crippen LogP contribution in [0.25, 0.3) is 10.4 Å². The summed E-state index contributed by atoms with van der Waals surface area (Å²) in [7, 11) is -3.59. The van der Waals surface area contributed by atoms with Gasteiger partial charge in [-0.05, 0) is 48.2 Å². The molecule has 3 amide bonds. The van der Waals surface area contributed by atoms with Crippen molar-refractivity contribution in [3.8, 4) is 16.2 Å². The fourth-order valence-electron chi connectivity index (χ4n) is 3.64. The predicted molar refractivity (Wildman–Crippen MR) is 126 cm³/mol. The van der Waals surface area contributed by atoms with Crippen molar-refractivity contribution in [1.82, 2.24) is 4.31 Å². The van der Waals surface area contributed by atoms with Crippen LogP contribution in [-0.2, 0) is 23.0 Å². The van der Waals surface area contributed by atoms with Crippen molar-refractivity contribution < 1.29 is 22.7 Å². The molecule has 0 spiro atoms. The fourth-order valence-corrected chi connectivity index (χ4v) is 6.05. The van der Waals surface area contributed by atoms with Crippen LogP contribution in [0.3, 0.4) is 0 Å². The highest BCUT2D eigenvalue weighted by Gasteiger charge is 2.28. The molecule has 3 aromatic rings. The number of nitrogens with zero attached hydrogens (tertiary/aromatic N) is 1. The molecular weight excluding hydrogens is 464 g/mol. The van der Waals surface area contributed by atoms with Gasteiger partial charge in [0.2, 0.25) is 10.0 Å². The topological polar surface area (TPSA) is 145 Å². The van der Waals surface area contributed by atoms with Crippen molar-refractivity contribution in [1.29, 1.82) is 0 Å². The highest BCUT2D eigenvalue weighted by atomic mass is 32.2. The number of rotatable bonds is 5. The summed E-state index contributed by atoms with van der Waals surface area (Å²) in [6.45, 7) is 2.55. The van der Waals surface area contributed by atoms with Gasteiger partial charge in [-0.25, -0.2) is 18.0 Å². The Bertz CT molecular complexity index is 1300. The number of urea groups is 1. The largest absolute Gasteiger partial charge is 0.410 e. The van der Waals surface area contributed by atoms with E-state index in [9.17, 15) is 18.0 Å². The van der Waals surface area contributed by atoms with Gasteiger partial charge in [0.05, 0.1) is 4.90 Å². The minimum absolute atomic E-state index is 0.106. The Kier molecular flexibility index (Phi) is 6.11. The van der Waals surface area contributed by atoms with E-state index in [2.05, 4.69) is 5.32 Å². The monoisotopic (exact) mass is 486 g/mol. The molecule has 172 valence electrons. The standard InChI is InChI=1S/C22H22N4O5S2/c1-13-2-6-17(7-3-13)33(29,30)26-9-8-14-10-15(4-5-16(14)12-26)19-11-18(31-22(24)28)20(32-19)25-21(23)27/h2-7,10-11H,8-9,12H2,1H3,(H2,24,28)(H3,23,25,27). The van der Waals surface area contributed by atoms with Gasteiger partial charge in [0, 0.05) is 24.0 Å². The van der Waals surface area contributed by atoms with Crippen molar-refractivity contribution in [2.75, 3.05) is 11.9 Å². The highest BCUT2D eigenvalue weighted by Crippen LogP contribution is 2.41. The molecule has 2 heterocycles. The Morgan fingerprint density at radius 2 is 1.79 bits per heavy atom. The van der Waals surface area contributed by atoms with Crippen LogP contribution >= 0.6 is 11.3 Å². The Hall–Kier alpha value is -3.41. The lowest BCUT2D eigenvalue weighted by Crippen LogP contribution is -2.35. The average Bonchev–Trinajstić information content (AvgIpc) is 3.14. The molecular formula is C22H22N4O5S2. The van der Waals surface area contributed by atoms with Gasteiger partial charge in [0.1, 0.15) is 5.00 Å². The molecule has 0 radical (unpaired) electrons. The first-order chi connectivity index (χ1) is 15.6. The molecule has 0 atom stereocenters. The molecule has 2 aromatic carbocycles. The van der Waals surface area contributed by atoms with E-state index in [1.807, 2.05) is 25.1 Å². The molecule has 1 aliphatic rings. The maximum atomic E-state index is 13.0. The molecule has 1 aliphatic heterocycles. The number of hydrogen-bond acceptors (Lipinski definition) is 6. The lowest BCUT2D eigenvalue weighted by molar-refractivity contribution is 0.211. The molecule has 11 heteroatoms. The number of carbonyl (C=O) groups is 2. The zero-order chi connectivity index (χ0) is 23.8. The number of nitrogens with one attached hydrogen (secondary N) is 1. The van der Waals surface area contributed by atoms with Gasteiger partial charge in [0.25, 0.3) is 0 Å². The van der Waals surface area contributed by atoms with Crippen LogP contribution in [0, 0.1) is 6.92 Å². The van der Waals surface area contributed by atoms with Gasteiger partial charge in [-0.3, -0.25) is 5.32 Å². The van der Waals surface area contributed by atoms with Crippen molar-refractivity contribution in [2.24, 2.45) is 11.5 Å². The molecule has 5 N–H and O–H groups in total. The number of carbonyl (C=O) groups excluding carboxylic acids is 2. The number of primary amides is 2. The summed E-state index contributed by atoms with van der Waals surface area (Å²) in [4.78, 5) is 23.5. The Labute approximate surface area is 195 Å². The van der Waals surface area contributed by atoms with Crippen LogP contribution in [0.2, 0.25) is 0 Å². The maximum Gasteiger partial charge on any atom is 0.410 e. The Morgan fingerprint density at radius 3 is 2.45 bits per heavy atom. The Morgan fingerprint density at radius 1 is 1.06 bits per heavy atom. The van der Waals surface area contributed by atoms with E-state index in [0.717, 1.165) is 27.1 Å². The van der Waals surface area contributed by atoms with E-state index >= 15 is 0 Å². The van der Waals surface area contributed by atoms with Gasteiger partial charge in [0.15, 0.2) is 5.75 Å². The number of hydrogen-bond donors (Lipinski definition) is 3. The molecule has 0 aliphatic carbocycles. The summed E-state index contributed by atoms with van der Waals surface area (Å²) in [6, 6.07) is 13.3. The van der Waals surface area contributed by atoms with Gasteiger partial charge in [-0.1, -0.05) is 29.8 Å². The molecule has 0 unspecified atom stereocenters. The smallest absolute Gasteiger partial charge is 0.407 e. The van der Waals surface area contributed by atoms with Gasteiger partial charge < -0.3 is 16.2 Å². The number of sulfonamides is 1. The number of ether oxygens (including phenoxy) is 1. The van der Waals surface area contributed by atoms with E-state index in [0.29, 0.717) is 13.0 Å². The van der Waals surface area contributed by atoms with E-state index in [1.165, 1.54) is 15.6 Å². The summed E-state index contributed by atoms with van der Waals surface area (Å²) in [5, 5.41) is 2.69. The third-order valence-corrected chi connectivity index (χ3v) is 8.21. The van der Waals surface area contributed by atoms with Crippen LogP contribution in [-0.4, -0.2) is 31.4 Å². The van der Waals surface area contributed by atoms with Gasteiger partial charge in [-0.15, -0.1) is 11.3 Å². The first kappa shape index (κ1) is 22.8. The fraction of sp³-hybridized carbons (Fsp3) is 0.182. The van der Waals surface area contributed by atoms with Crippen LogP contribution in [0.4, 0.5) is 14.6 Å². The third-order valence-electron chi connectivity index (χ3n) is 5.27. The summed E-state index contributed by atoms with van der Waals surface area (Å²) in [6.07, 6.45) is -0.455. The van der Waals surface area contributed by atoms with Crippen LogP contribution < -0.4 is 21.5 Å². The van der Waals surface area contributed by atoms with Crippen LogP contribution in [0.15, 0.2) is 53.4 Å². The number of fused-ring (bicyclic) bond motifs is 1. The van der Waals surface area contributed by atoms with Gasteiger partial charge >= 0.3 is 12.1 Å². The van der Waals surface area contributed by atoms with Crippen molar-refractivity contribution in [3.05, 3.63) is 65.2 Å². The first-order valence-electron chi connectivity index (χ1n) is 10.00. The molecule has 9 nitrogen and oxygen atoms in total. The second-order valence-corrected chi connectivity index (χ2v) is 10.6. The average molecular weight is 487 g/mol. The lowest BCUT2D eigenvalue weighted by atomic mass is 9.98. The summed E-state index contributed by atoms with van der Waals surface area (Å²) < 4.78 is 32.5. The minimum atomic E-state index is -3.59. The van der Waals surface area contributed by atoms with Crippen molar-refractivity contribution >= 4 is 38.5 Å². The number of amides is 3. The predicted octanol–water partition coefficient (Wildman–Crippen LogP) is 3.42. The second-order valence-electron chi connectivity index (χ2n) is 7.60. The zero-order valence-electron chi connectivity index (χ0n) is 17.7. The molecule has 0 bridgehead atoms. The first-order valence-corrected chi connectivity index (χ1v) is 12.3. The normalized spacial score (nSPS) is 13.8. The minimum Gasteiger partial charge on any atom is -0.407 e. The second kappa shape index (κ2) is 8.85. The number of anilines is 1. The third kappa shape index (κ3) is 4.85. The van der Waals surface area contributed by atoms with E-state index < -0.39 is 22.1 Å². The van der Waals surface area contributed by atoms with Crippen LogP contribution in [0.5, 0.6) is 5.75 Å². The highest BCUT2D eigenvalue weighted by molar-refractivity contribution is 7.89. The molecule has 0 fully saturated rings. The number of nitrogens with two attached hydrogens (primary N) is 2. The van der Waals surface area contributed by atoms with Crippen LogP contribution in [0.1, 0.15) is 16.7 Å². The molecule has 0 saturated heterocycles. The summed E-state index contributed by atoms with van der Waals surface area (Å²) in [5.41, 5.74) is 14.1. The number of benzene rings is 2. The molecule has 0 saturated carbocycles. The van der Waals surface area contributed by atoms with Gasteiger partial charge in [-0.2, -0.15) is 4.31 Å². The SMILES string of the molecule is Cc1ccc(S(=O)(=O)N2CCc3cc(-c4cc(OC(N)=O)c(NC(N)=O)s4)ccc3C2)cc1. The summed E-state index contributed by atoms with van der Waals surface area (Å²) in [5.74, 6) is 0.106. The molecule has 33 heavy (non-hydrogen) atoms. The van der Waals surface area contributed by atoms with Crippen molar-refractivity contribution in [3.63, 3.8) is 0 Å². The van der Waals surface area contributed by atoms with E-state index in [-0.39, 0.29) is 22.2 Å². The molecule has 1 aromatic heterocycles. The zero-order valence-corrected chi connectivity index (χ0v) is 19.3. The Balaban J connectivity index is 1.60. The lowest BCUT2D eigenvalue weighted by Gasteiger charge is -2.28. The van der Waals surface area contributed by atoms with Crippen molar-refractivity contribution in [2.45, 2.75) is 24.8 Å². The number of thiophene rings is 1. The maximum absolute atomic E-state index is 13.0. The summed E-state index contributed by atoms with van der Waals surface area (Å²) >= 11 is 1.19. The number of aryl methyl sites for hydroxylation is 1.